The van der Waals surface area contributed by atoms with E-state index < -0.39 is 36.1 Å². The number of aromatic hydroxyl groups is 1. The van der Waals surface area contributed by atoms with Gasteiger partial charge < -0.3 is 24.8 Å². The first kappa shape index (κ1) is 15.5. The number of aliphatic hydroxyl groups excluding tert-OH is 2. The molecule has 3 N–H and O–H groups in total. The molecule has 2 heterocycles. The minimum Gasteiger partial charge on any atom is -0.508 e. The highest BCUT2D eigenvalue weighted by Gasteiger charge is 2.44. The Hall–Kier alpha value is -1.90. The van der Waals surface area contributed by atoms with Crippen molar-refractivity contribution >= 4 is 5.97 Å². The number of rotatable bonds is 4. The second-order valence-electron chi connectivity index (χ2n) is 4.71. The maximum atomic E-state index is 11.7. The van der Waals surface area contributed by atoms with Gasteiger partial charge in [-0.2, -0.15) is 0 Å². The van der Waals surface area contributed by atoms with Crippen molar-refractivity contribution in [1.29, 1.82) is 0 Å². The van der Waals surface area contributed by atoms with Crippen molar-refractivity contribution in [3.05, 3.63) is 28.7 Å². The number of pyridine rings is 1. The molecular formula is C13H17NO7. The lowest BCUT2D eigenvalue weighted by Gasteiger charge is -2.17. The molecule has 21 heavy (non-hydrogen) atoms. The molecule has 1 aromatic heterocycles. The van der Waals surface area contributed by atoms with Crippen molar-refractivity contribution in [2.75, 3.05) is 6.61 Å². The van der Waals surface area contributed by atoms with Gasteiger partial charge in [-0.3, -0.25) is 14.2 Å². The standard InChI is InChI=1S/C13H17NO7/c1-2-10(17)20-6-8-11(18)12(19)13(21-8)14-4-3-7(15)5-9(14)16/h3-5,8,11-13,15,18-19H,2,6H2,1H3/t8-,11-,12-,13+/m0/s1. The fourth-order valence-electron chi connectivity index (χ4n) is 2.06. The largest absolute Gasteiger partial charge is 0.508 e. The van der Waals surface area contributed by atoms with Crippen molar-refractivity contribution in [3.8, 4) is 5.75 Å². The van der Waals surface area contributed by atoms with Gasteiger partial charge in [-0.05, 0) is 6.07 Å². The van der Waals surface area contributed by atoms with Gasteiger partial charge in [0.15, 0.2) is 6.23 Å². The van der Waals surface area contributed by atoms with Crippen molar-refractivity contribution in [1.82, 2.24) is 4.57 Å². The van der Waals surface area contributed by atoms with Crippen LogP contribution in [0.5, 0.6) is 5.75 Å². The van der Waals surface area contributed by atoms with Crippen molar-refractivity contribution in [3.63, 3.8) is 0 Å². The molecule has 8 nitrogen and oxygen atoms in total. The molecule has 8 heteroatoms. The summed E-state index contributed by atoms with van der Waals surface area (Å²) in [6.07, 6.45) is -3.25. The van der Waals surface area contributed by atoms with Crippen LogP contribution in [-0.4, -0.2) is 50.8 Å². The van der Waals surface area contributed by atoms with Crippen LogP contribution in [0.25, 0.3) is 0 Å². The number of aliphatic hydroxyl groups is 2. The van der Waals surface area contributed by atoms with E-state index in [4.69, 9.17) is 9.47 Å². The molecule has 0 spiro atoms. The fourth-order valence-corrected chi connectivity index (χ4v) is 2.06. The zero-order valence-corrected chi connectivity index (χ0v) is 11.4. The van der Waals surface area contributed by atoms with E-state index in [-0.39, 0.29) is 18.8 Å². The lowest BCUT2D eigenvalue weighted by Crippen LogP contribution is -2.35. The van der Waals surface area contributed by atoms with Crippen LogP contribution < -0.4 is 5.56 Å². The Morgan fingerprint density at radius 3 is 2.76 bits per heavy atom. The molecule has 2 rings (SSSR count). The minimum absolute atomic E-state index is 0.187. The van der Waals surface area contributed by atoms with Crippen molar-refractivity contribution in [2.24, 2.45) is 0 Å². The summed E-state index contributed by atoms with van der Waals surface area (Å²) in [7, 11) is 0. The normalized spacial score (nSPS) is 28.5. The lowest BCUT2D eigenvalue weighted by molar-refractivity contribution is -0.149. The second-order valence-corrected chi connectivity index (χ2v) is 4.71. The third kappa shape index (κ3) is 3.23. The van der Waals surface area contributed by atoms with Gasteiger partial charge in [-0.1, -0.05) is 6.92 Å². The highest BCUT2D eigenvalue weighted by molar-refractivity contribution is 5.68. The van der Waals surface area contributed by atoms with E-state index in [1.165, 1.54) is 12.3 Å². The summed E-state index contributed by atoms with van der Waals surface area (Å²) in [5.41, 5.74) is -0.586. The van der Waals surface area contributed by atoms with Crippen molar-refractivity contribution < 1.29 is 29.6 Å². The van der Waals surface area contributed by atoms with Gasteiger partial charge in [0.2, 0.25) is 0 Å². The van der Waals surface area contributed by atoms with Crippen LogP contribution in [0.3, 0.4) is 0 Å². The third-order valence-corrected chi connectivity index (χ3v) is 3.24. The second kappa shape index (κ2) is 6.25. The summed E-state index contributed by atoms with van der Waals surface area (Å²) in [6.45, 7) is 1.41. The minimum atomic E-state index is -1.35. The molecule has 0 amide bonds. The monoisotopic (exact) mass is 299 g/mol. The number of hydrogen-bond acceptors (Lipinski definition) is 7. The molecule has 4 atom stereocenters. The fraction of sp³-hybridized carbons (Fsp3) is 0.538. The maximum absolute atomic E-state index is 11.7. The number of nitrogens with zero attached hydrogens (tertiary/aromatic N) is 1. The van der Waals surface area contributed by atoms with E-state index in [0.717, 1.165) is 10.6 Å². The molecule has 116 valence electrons. The SMILES string of the molecule is CCC(=O)OC[C@@H]1O[C@@H](n2ccc(O)cc2=O)[C@@H](O)[C@H]1O. The summed E-state index contributed by atoms with van der Waals surface area (Å²) in [5.74, 6) is -0.664. The van der Waals surface area contributed by atoms with E-state index in [2.05, 4.69) is 0 Å². The summed E-state index contributed by atoms with van der Waals surface area (Å²) in [5, 5.41) is 29.0. The Bertz CT molecular complexity index is 570. The van der Waals surface area contributed by atoms with Gasteiger partial charge in [0.05, 0.1) is 0 Å². The summed E-state index contributed by atoms with van der Waals surface area (Å²) >= 11 is 0. The Kier molecular flexibility index (Phi) is 4.61. The van der Waals surface area contributed by atoms with Crippen LogP contribution in [0, 0.1) is 0 Å². The van der Waals surface area contributed by atoms with Crippen LogP contribution in [0.15, 0.2) is 23.1 Å². The predicted octanol–water partition coefficient (Wildman–Crippen LogP) is -0.874. The lowest BCUT2D eigenvalue weighted by atomic mass is 10.1. The molecule has 1 fully saturated rings. The Balaban J connectivity index is 2.12. The summed E-state index contributed by atoms with van der Waals surface area (Å²) in [6, 6.07) is 2.22. The highest BCUT2D eigenvalue weighted by Crippen LogP contribution is 2.28. The highest BCUT2D eigenvalue weighted by atomic mass is 16.6. The first-order valence-electron chi connectivity index (χ1n) is 6.52. The van der Waals surface area contributed by atoms with Crippen molar-refractivity contribution in [2.45, 2.75) is 37.9 Å². The maximum Gasteiger partial charge on any atom is 0.305 e. The van der Waals surface area contributed by atoms with Crippen LogP contribution >= 0.6 is 0 Å². The Morgan fingerprint density at radius 1 is 1.43 bits per heavy atom. The molecule has 1 saturated heterocycles. The quantitative estimate of drug-likeness (QED) is 0.618. The number of carbonyl (C=O) groups excluding carboxylic acids is 1. The average molecular weight is 299 g/mol. The topological polar surface area (TPSA) is 118 Å². The first-order valence-corrected chi connectivity index (χ1v) is 6.52. The number of ether oxygens (including phenoxy) is 2. The summed E-state index contributed by atoms with van der Waals surface area (Å²) in [4.78, 5) is 22.8. The predicted molar refractivity (Wildman–Crippen MR) is 69.5 cm³/mol. The van der Waals surface area contributed by atoms with Crippen LogP contribution in [-0.2, 0) is 14.3 Å². The van der Waals surface area contributed by atoms with Gasteiger partial charge in [0, 0.05) is 18.7 Å². The molecule has 1 aliphatic heterocycles. The van der Waals surface area contributed by atoms with E-state index in [0.29, 0.717) is 0 Å². The van der Waals surface area contributed by atoms with Gasteiger partial charge in [-0.15, -0.1) is 0 Å². The molecule has 0 aliphatic carbocycles. The van der Waals surface area contributed by atoms with E-state index in [9.17, 15) is 24.9 Å². The molecule has 1 aromatic rings. The van der Waals surface area contributed by atoms with E-state index in [1.807, 2.05) is 0 Å². The molecule has 0 aromatic carbocycles. The Labute approximate surface area is 120 Å². The van der Waals surface area contributed by atoms with Crippen LogP contribution in [0.4, 0.5) is 0 Å². The smallest absolute Gasteiger partial charge is 0.305 e. The molecular weight excluding hydrogens is 282 g/mol. The van der Waals surface area contributed by atoms with E-state index >= 15 is 0 Å². The van der Waals surface area contributed by atoms with Crippen LogP contribution in [0.1, 0.15) is 19.6 Å². The van der Waals surface area contributed by atoms with Gasteiger partial charge >= 0.3 is 5.97 Å². The molecule has 0 saturated carbocycles. The van der Waals surface area contributed by atoms with Crippen LogP contribution in [0.2, 0.25) is 0 Å². The van der Waals surface area contributed by atoms with Gasteiger partial charge in [-0.25, -0.2) is 0 Å². The molecule has 0 radical (unpaired) electrons. The third-order valence-electron chi connectivity index (χ3n) is 3.24. The molecule has 0 unspecified atom stereocenters. The zero-order chi connectivity index (χ0) is 15.6. The first-order chi connectivity index (χ1) is 9.93. The Morgan fingerprint density at radius 2 is 2.14 bits per heavy atom. The number of carbonyl (C=O) groups is 1. The number of aromatic nitrogens is 1. The summed E-state index contributed by atoms with van der Waals surface area (Å²) < 4.78 is 11.3. The number of hydrogen-bond donors (Lipinski definition) is 3. The van der Waals surface area contributed by atoms with E-state index in [1.54, 1.807) is 6.92 Å². The van der Waals surface area contributed by atoms with Gasteiger partial charge in [0.25, 0.3) is 5.56 Å². The number of esters is 1. The zero-order valence-electron chi connectivity index (χ0n) is 11.4. The molecule has 1 aliphatic rings. The van der Waals surface area contributed by atoms with Gasteiger partial charge in [0.1, 0.15) is 30.7 Å². The molecule has 0 bridgehead atoms. The average Bonchev–Trinajstić information content (AvgIpc) is 2.73.